The molecule has 0 fully saturated rings. The number of thiocarbonyl (C=S) groups is 1. The lowest BCUT2D eigenvalue weighted by Gasteiger charge is -2.13. The van der Waals surface area contributed by atoms with E-state index >= 15 is 0 Å². The maximum atomic E-state index is 5.80. The van der Waals surface area contributed by atoms with Crippen molar-refractivity contribution in [1.29, 1.82) is 0 Å². The van der Waals surface area contributed by atoms with E-state index in [1.807, 2.05) is 36.4 Å². The molecule has 5 heteroatoms. The summed E-state index contributed by atoms with van der Waals surface area (Å²) in [5.74, 6) is 1.79. The maximum absolute atomic E-state index is 5.80. The molecule has 0 aromatic heterocycles. The first-order valence-corrected chi connectivity index (χ1v) is 9.73. The summed E-state index contributed by atoms with van der Waals surface area (Å²) in [7, 11) is 0. The second-order valence-corrected chi connectivity index (χ2v) is 6.47. The number of ether oxygens (including phenoxy) is 2. The van der Waals surface area contributed by atoms with Crippen LogP contribution in [0.2, 0.25) is 0 Å². The standard InChI is InChI=1S/C22H28N2O2S/c1-3-16-25-20-13-11-19(12-14-20)24-22(27)23-15-7-9-18-8-5-6-10-21(18)26-17-4-2/h3,5-6,8,10-14H,1,4,7,9,15-17H2,2H3,(H2,23,24,27). The summed E-state index contributed by atoms with van der Waals surface area (Å²) in [6.45, 7) is 7.80. The van der Waals surface area contributed by atoms with Crippen molar-refractivity contribution in [2.24, 2.45) is 0 Å². The Balaban J connectivity index is 1.71. The normalized spacial score (nSPS) is 10.1. The molecule has 0 unspecified atom stereocenters. The maximum Gasteiger partial charge on any atom is 0.170 e. The molecule has 0 saturated heterocycles. The molecule has 0 spiro atoms. The fourth-order valence-electron chi connectivity index (χ4n) is 2.51. The lowest BCUT2D eigenvalue weighted by atomic mass is 10.1. The highest BCUT2D eigenvalue weighted by Gasteiger charge is 2.03. The van der Waals surface area contributed by atoms with Crippen LogP contribution in [0.3, 0.4) is 0 Å². The third kappa shape index (κ3) is 7.71. The Bertz CT molecular complexity index is 717. The number of benzene rings is 2. The summed E-state index contributed by atoms with van der Waals surface area (Å²) >= 11 is 5.36. The Kier molecular flexibility index (Phi) is 9.21. The van der Waals surface area contributed by atoms with Gasteiger partial charge in [-0.15, -0.1) is 0 Å². The highest BCUT2D eigenvalue weighted by Crippen LogP contribution is 2.19. The Labute approximate surface area is 167 Å². The molecule has 2 rings (SSSR count). The van der Waals surface area contributed by atoms with Gasteiger partial charge in [-0.2, -0.15) is 0 Å². The van der Waals surface area contributed by atoms with Crippen LogP contribution < -0.4 is 20.1 Å². The highest BCUT2D eigenvalue weighted by molar-refractivity contribution is 7.80. The minimum Gasteiger partial charge on any atom is -0.493 e. The molecule has 0 aliphatic heterocycles. The van der Waals surface area contributed by atoms with Gasteiger partial charge in [0, 0.05) is 12.2 Å². The van der Waals surface area contributed by atoms with Crippen LogP contribution in [0.15, 0.2) is 61.2 Å². The molecule has 0 saturated carbocycles. The minimum absolute atomic E-state index is 0.499. The fraction of sp³-hybridized carbons (Fsp3) is 0.318. The third-order valence-corrected chi connectivity index (χ3v) is 4.07. The van der Waals surface area contributed by atoms with E-state index < -0.39 is 0 Å². The summed E-state index contributed by atoms with van der Waals surface area (Å²) in [6, 6.07) is 15.9. The van der Waals surface area contributed by atoms with Crippen molar-refractivity contribution in [3.8, 4) is 11.5 Å². The van der Waals surface area contributed by atoms with Crippen LogP contribution in [0.1, 0.15) is 25.3 Å². The molecule has 0 radical (unpaired) electrons. The lowest BCUT2D eigenvalue weighted by Crippen LogP contribution is -2.29. The van der Waals surface area contributed by atoms with E-state index in [-0.39, 0.29) is 0 Å². The van der Waals surface area contributed by atoms with Crippen LogP contribution >= 0.6 is 12.2 Å². The van der Waals surface area contributed by atoms with E-state index in [2.05, 4.69) is 36.3 Å². The second-order valence-electron chi connectivity index (χ2n) is 6.06. The molecule has 0 atom stereocenters. The van der Waals surface area contributed by atoms with Gasteiger partial charge < -0.3 is 20.1 Å². The zero-order valence-corrected chi connectivity index (χ0v) is 16.7. The number of hydrogen-bond acceptors (Lipinski definition) is 3. The van der Waals surface area contributed by atoms with E-state index in [1.165, 1.54) is 5.56 Å². The summed E-state index contributed by atoms with van der Waals surface area (Å²) in [5, 5.41) is 7.05. The van der Waals surface area contributed by atoms with Gasteiger partial charge in [0.15, 0.2) is 5.11 Å². The molecular formula is C22H28N2O2S. The second kappa shape index (κ2) is 12.0. The fourth-order valence-corrected chi connectivity index (χ4v) is 2.73. The predicted octanol–water partition coefficient (Wildman–Crippen LogP) is 4.96. The average molecular weight is 385 g/mol. The van der Waals surface area contributed by atoms with E-state index in [0.717, 1.165) is 49.6 Å². The molecule has 144 valence electrons. The number of rotatable bonds is 11. The van der Waals surface area contributed by atoms with E-state index in [4.69, 9.17) is 21.7 Å². The predicted molar refractivity (Wildman–Crippen MR) is 117 cm³/mol. The third-order valence-electron chi connectivity index (χ3n) is 3.82. The first-order chi connectivity index (χ1) is 13.2. The topological polar surface area (TPSA) is 42.5 Å². The van der Waals surface area contributed by atoms with E-state index in [9.17, 15) is 0 Å². The lowest BCUT2D eigenvalue weighted by molar-refractivity contribution is 0.314. The number of para-hydroxylation sites is 1. The molecule has 0 aliphatic rings. The molecular weight excluding hydrogens is 356 g/mol. The zero-order valence-electron chi connectivity index (χ0n) is 15.9. The summed E-state index contributed by atoms with van der Waals surface area (Å²) in [4.78, 5) is 0. The molecule has 27 heavy (non-hydrogen) atoms. The van der Waals surface area contributed by atoms with Crippen LogP contribution in [0, 0.1) is 0 Å². The highest BCUT2D eigenvalue weighted by atomic mass is 32.1. The molecule has 0 aliphatic carbocycles. The van der Waals surface area contributed by atoms with Gasteiger partial charge in [-0.05, 0) is 67.4 Å². The molecule has 2 N–H and O–H groups in total. The van der Waals surface area contributed by atoms with Crippen molar-refractivity contribution in [2.75, 3.05) is 25.1 Å². The average Bonchev–Trinajstić information content (AvgIpc) is 2.70. The smallest absolute Gasteiger partial charge is 0.170 e. The number of anilines is 1. The van der Waals surface area contributed by atoms with Gasteiger partial charge in [-0.3, -0.25) is 0 Å². The van der Waals surface area contributed by atoms with Crippen LogP contribution in [0.25, 0.3) is 0 Å². The van der Waals surface area contributed by atoms with Gasteiger partial charge in [-0.25, -0.2) is 0 Å². The van der Waals surface area contributed by atoms with Crippen LogP contribution in [0.4, 0.5) is 5.69 Å². The van der Waals surface area contributed by atoms with E-state index in [0.29, 0.717) is 11.7 Å². The Morgan fingerprint density at radius 1 is 1.11 bits per heavy atom. The first-order valence-electron chi connectivity index (χ1n) is 9.32. The molecule has 0 bridgehead atoms. The molecule has 0 heterocycles. The van der Waals surface area contributed by atoms with Gasteiger partial charge in [0.25, 0.3) is 0 Å². The SMILES string of the molecule is C=CCOc1ccc(NC(=S)NCCCc2ccccc2OCCC)cc1. The Hall–Kier alpha value is -2.53. The zero-order chi connectivity index (χ0) is 19.3. The molecule has 4 nitrogen and oxygen atoms in total. The van der Waals surface area contributed by atoms with Gasteiger partial charge in [0.1, 0.15) is 18.1 Å². The largest absolute Gasteiger partial charge is 0.493 e. The number of nitrogens with one attached hydrogen (secondary N) is 2. The van der Waals surface area contributed by atoms with Gasteiger partial charge in [-0.1, -0.05) is 37.8 Å². The first kappa shape index (κ1) is 20.8. The summed E-state index contributed by atoms with van der Waals surface area (Å²) in [6.07, 6.45) is 4.66. The number of hydrogen-bond donors (Lipinski definition) is 2. The monoisotopic (exact) mass is 384 g/mol. The van der Waals surface area contributed by atoms with Crippen molar-refractivity contribution in [3.05, 3.63) is 66.7 Å². The van der Waals surface area contributed by atoms with Crippen molar-refractivity contribution < 1.29 is 9.47 Å². The van der Waals surface area contributed by atoms with Crippen molar-refractivity contribution in [1.82, 2.24) is 5.32 Å². The molecule has 2 aromatic rings. The van der Waals surface area contributed by atoms with Gasteiger partial charge in [0.2, 0.25) is 0 Å². The Morgan fingerprint density at radius 3 is 2.63 bits per heavy atom. The van der Waals surface area contributed by atoms with Crippen molar-refractivity contribution >= 4 is 23.0 Å². The van der Waals surface area contributed by atoms with Crippen molar-refractivity contribution in [3.63, 3.8) is 0 Å². The molecule has 0 amide bonds. The Morgan fingerprint density at radius 2 is 1.89 bits per heavy atom. The van der Waals surface area contributed by atoms with Crippen molar-refractivity contribution in [2.45, 2.75) is 26.2 Å². The van der Waals surface area contributed by atoms with E-state index in [1.54, 1.807) is 6.08 Å². The van der Waals surface area contributed by atoms with Crippen LogP contribution in [0.5, 0.6) is 11.5 Å². The van der Waals surface area contributed by atoms with Crippen LogP contribution in [-0.2, 0) is 6.42 Å². The van der Waals surface area contributed by atoms with Gasteiger partial charge in [0.05, 0.1) is 6.61 Å². The summed E-state index contributed by atoms with van der Waals surface area (Å²) < 4.78 is 11.3. The summed E-state index contributed by atoms with van der Waals surface area (Å²) in [5.41, 5.74) is 2.17. The quantitative estimate of drug-likeness (QED) is 0.326. The molecule has 2 aromatic carbocycles. The number of aryl methyl sites for hydroxylation is 1. The van der Waals surface area contributed by atoms with Gasteiger partial charge >= 0.3 is 0 Å². The minimum atomic E-state index is 0.499. The van der Waals surface area contributed by atoms with Crippen LogP contribution in [-0.4, -0.2) is 24.9 Å².